The van der Waals surface area contributed by atoms with E-state index in [-0.39, 0.29) is 5.41 Å². The van der Waals surface area contributed by atoms with Gasteiger partial charge in [0.1, 0.15) is 0 Å². The molecule has 1 atom stereocenters. The second-order valence-corrected chi connectivity index (χ2v) is 5.79. The van der Waals surface area contributed by atoms with Crippen molar-refractivity contribution in [1.29, 1.82) is 0 Å². The zero-order valence-electron chi connectivity index (χ0n) is 11.4. The molecule has 2 heteroatoms. The number of hydrogen-bond donors (Lipinski definition) is 1. The Bertz CT molecular complexity index is 415. The molecule has 0 heterocycles. The van der Waals surface area contributed by atoms with E-state index in [2.05, 4.69) is 20.8 Å². The number of carboxylic acids is 1. The van der Waals surface area contributed by atoms with Gasteiger partial charge in [-0.1, -0.05) is 52.0 Å². The summed E-state index contributed by atoms with van der Waals surface area (Å²) in [5, 5.41) is 9.48. The molecule has 0 saturated carbocycles. The molecular formula is C15H22O2. The van der Waals surface area contributed by atoms with E-state index in [1.54, 1.807) is 6.92 Å². The Hall–Kier alpha value is -1.31. The normalized spacial score (nSPS) is 15.4. The molecule has 0 bridgehead atoms. The highest BCUT2D eigenvalue weighted by atomic mass is 16.4. The van der Waals surface area contributed by atoms with Crippen LogP contribution in [0.5, 0.6) is 0 Å². The maximum Gasteiger partial charge on any atom is 0.313 e. The summed E-state index contributed by atoms with van der Waals surface area (Å²) in [6.45, 7) is 10.1. The van der Waals surface area contributed by atoms with Crippen LogP contribution >= 0.6 is 0 Å². The lowest BCUT2D eigenvalue weighted by atomic mass is 9.72. The first-order chi connectivity index (χ1) is 7.73. The third-order valence-corrected chi connectivity index (χ3v) is 3.51. The lowest BCUT2D eigenvalue weighted by Gasteiger charge is -2.31. The summed E-state index contributed by atoms with van der Waals surface area (Å²) in [6, 6.07) is 7.87. The predicted octanol–water partition coefficient (Wildman–Crippen LogP) is 3.74. The van der Waals surface area contributed by atoms with Crippen molar-refractivity contribution in [2.45, 2.75) is 51.9 Å². The molecule has 1 aromatic rings. The minimum absolute atomic E-state index is 0.0392. The molecule has 17 heavy (non-hydrogen) atoms. The monoisotopic (exact) mass is 234 g/mol. The maximum atomic E-state index is 11.5. The van der Waals surface area contributed by atoms with Crippen molar-refractivity contribution in [2.75, 3.05) is 0 Å². The number of carboxylic acid groups (broad SMARTS) is 1. The Balaban J connectivity index is 3.46. The first-order valence-corrected chi connectivity index (χ1v) is 6.07. The molecule has 1 unspecified atom stereocenters. The average Bonchev–Trinajstić information content (AvgIpc) is 2.26. The fourth-order valence-corrected chi connectivity index (χ4v) is 2.08. The smallest absolute Gasteiger partial charge is 0.313 e. The summed E-state index contributed by atoms with van der Waals surface area (Å²) in [5.74, 6) is -0.753. The van der Waals surface area contributed by atoms with Gasteiger partial charge in [0, 0.05) is 0 Å². The molecule has 1 N–H and O–H groups in total. The van der Waals surface area contributed by atoms with Crippen molar-refractivity contribution in [3.05, 3.63) is 35.4 Å². The SMILES string of the molecule is CCC(C)(C(=O)O)c1ccccc1C(C)(C)C. The highest BCUT2D eigenvalue weighted by Gasteiger charge is 2.36. The van der Waals surface area contributed by atoms with E-state index in [4.69, 9.17) is 0 Å². The number of rotatable bonds is 3. The van der Waals surface area contributed by atoms with Gasteiger partial charge in [0.05, 0.1) is 5.41 Å². The van der Waals surface area contributed by atoms with Crippen LogP contribution in [0.2, 0.25) is 0 Å². The second kappa shape index (κ2) is 4.52. The molecule has 0 aromatic heterocycles. The molecular weight excluding hydrogens is 212 g/mol. The van der Waals surface area contributed by atoms with Crippen LogP contribution in [0.15, 0.2) is 24.3 Å². The van der Waals surface area contributed by atoms with Gasteiger partial charge in [-0.15, -0.1) is 0 Å². The van der Waals surface area contributed by atoms with Crippen LogP contribution < -0.4 is 0 Å². The third-order valence-electron chi connectivity index (χ3n) is 3.51. The minimum Gasteiger partial charge on any atom is -0.481 e. The predicted molar refractivity (Wildman–Crippen MR) is 70.4 cm³/mol. The van der Waals surface area contributed by atoms with E-state index in [0.717, 1.165) is 11.1 Å². The number of carbonyl (C=O) groups is 1. The average molecular weight is 234 g/mol. The maximum absolute atomic E-state index is 11.5. The van der Waals surface area contributed by atoms with Crippen molar-refractivity contribution < 1.29 is 9.90 Å². The second-order valence-electron chi connectivity index (χ2n) is 5.79. The summed E-state index contributed by atoms with van der Waals surface area (Å²) < 4.78 is 0. The van der Waals surface area contributed by atoms with Crippen LogP contribution in [0.4, 0.5) is 0 Å². The van der Waals surface area contributed by atoms with Gasteiger partial charge >= 0.3 is 5.97 Å². The molecule has 1 aromatic carbocycles. The summed E-state index contributed by atoms with van der Waals surface area (Å²) in [6.07, 6.45) is 0.593. The van der Waals surface area contributed by atoms with Gasteiger partial charge in [-0.25, -0.2) is 0 Å². The minimum atomic E-state index is -0.802. The Kier molecular flexibility index (Phi) is 3.65. The molecule has 0 amide bonds. The molecule has 0 spiro atoms. The van der Waals surface area contributed by atoms with Gasteiger partial charge in [0.2, 0.25) is 0 Å². The van der Waals surface area contributed by atoms with Crippen molar-refractivity contribution in [3.8, 4) is 0 Å². The Morgan fingerprint density at radius 3 is 1.94 bits per heavy atom. The number of benzene rings is 1. The van der Waals surface area contributed by atoms with E-state index < -0.39 is 11.4 Å². The lowest BCUT2D eigenvalue weighted by molar-refractivity contribution is -0.143. The van der Waals surface area contributed by atoms with Gasteiger partial charge in [-0.05, 0) is 29.9 Å². The van der Waals surface area contributed by atoms with Crippen LogP contribution in [0.1, 0.15) is 52.2 Å². The van der Waals surface area contributed by atoms with Crippen molar-refractivity contribution in [1.82, 2.24) is 0 Å². The van der Waals surface area contributed by atoms with Crippen LogP contribution in [0.25, 0.3) is 0 Å². The molecule has 0 fully saturated rings. The first-order valence-electron chi connectivity index (χ1n) is 6.07. The quantitative estimate of drug-likeness (QED) is 0.865. The van der Waals surface area contributed by atoms with Crippen LogP contribution in [0.3, 0.4) is 0 Å². The van der Waals surface area contributed by atoms with E-state index in [0.29, 0.717) is 6.42 Å². The van der Waals surface area contributed by atoms with Gasteiger partial charge in [0.15, 0.2) is 0 Å². The van der Waals surface area contributed by atoms with E-state index in [1.807, 2.05) is 31.2 Å². The number of aliphatic carboxylic acids is 1. The standard InChI is InChI=1S/C15H22O2/c1-6-15(5,13(16)17)12-10-8-7-9-11(12)14(2,3)4/h7-10H,6H2,1-5H3,(H,16,17). The summed E-state index contributed by atoms with van der Waals surface area (Å²) >= 11 is 0. The van der Waals surface area contributed by atoms with Crippen molar-refractivity contribution in [3.63, 3.8) is 0 Å². The van der Waals surface area contributed by atoms with E-state index in [9.17, 15) is 9.90 Å². The lowest BCUT2D eigenvalue weighted by Crippen LogP contribution is -2.34. The highest BCUT2D eigenvalue weighted by Crippen LogP contribution is 2.36. The van der Waals surface area contributed by atoms with Crippen LogP contribution in [0, 0.1) is 0 Å². The highest BCUT2D eigenvalue weighted by molar-refractivity contribution is 5.81. The van der Waals surface area contributed by atoms with Crippen LogP contribution in [-0.2, 0) is 15.6 Å². The summed E-state index contributed by atoms with van der Waals surface area (Å²) in [4.78, 5) is 11.5. The molecule has 2 nitrogen and oxygen atoms in total. The zero-order chi connectivity index (χ0) is 13.3. The molecule has 94 valence electrons. The van der Waals surface area contributed by atoms with Gasteiger partial charge in [-0.3, -0.25) is 4.79 Å². The third kappa shape index (κ3) is 2.51. The molecule has 0 radical (unpaired) electrons. The Morgan fingerprint density at radius 2 is 1.59 bits per heavy atom. The fourth-order valence-electron chi connectivity index (χ4n) is 2.08. The topological polar surface area (TPSA) is 37.3 Å². The zero-order valence-corrected chi connectivity index (χ0v) is 11.4. The number of hydrogen-bond acceptors (Lipinski definition) is 1. The first kappa shape index (κ1) is 13.8. The van der Waals surface area contributed by atoms with E-state index in [1.165, 1.54) is 0 Å². The van der Waals surface area contributed by atoms with Gasteiger partial charge < -0.3 is 5.11 Å². The molecule has 0 saturated heterocycles. The van der Waals surface area contributed by atoms with E-state index >= 15 is 0 Å². The van der Waals surface area contributed by atoms with Crippen LogP contribution in [-0.4, -0.2) is 11.1 Å². The molecule has 0 aliphatic heterocycles. The summed E-state index contributed by atoms with van der Waals surface area (Å²) in [7, 11) is 0. The summed E-state index contributed by atoms with van der Waals surface area (Å²) in [5.41, 5.74) is 1.21. The van der Waals surface area contributed by atoms with Crippen molar-refractivity contribution >= 4 is 5.97 Å². The Labute approximate surface area is 104 Å². The van der Waals surface area contributed by atoms with Gasteiger partial charge in [-0.2, -0.15) is 0 Å². The molecule has 1 rings (SSSR count). The fraction of sp³-hybridized carbons (Fsp3) is 0.533. The molecule has 0 aliphatic rings. The molecule has 0 aliphatic carbocycles. The van der Waals surface area contributed by atoms with Gasteiger partial charge in [0.25, 0.3) is 0 Å². The van der Waals surface area contributed by atoms with Crippen molar-refractivity contribution in [2.24, 2.45) is 0 Å². The Morgan fingerprint density at radius 1 is 1.12 bits per heavy atom. The largest absolute Gasteiger partial charge is 0.481 e.